The van der Waals surface area contributed by atoms with Crippen LogP contribution >= 0.6 is 0 Å². The number of rotatable bonds is 3. The molecule has 2 aromatic rings. The predicted octanol–water partition coefficient (Wildman–Crippen LogP) is 1.55. The Morgan fingerprint density at radius 2 is 2.40 bits per heavy atom. The molecule has 102 valence electrons. The van der Waals surface area contributed by atoms with Gasteiger partial charge in [0.15, 0.2) is 0 Å². The Balaban J connectivity index is 1.82. The van der Waals surface area contributed by atoms with Crippen molar-refractivity contribution in [3.8, 4) is 6.07 Å². The lowest BCUT2D eigenvalue weighted by molar-refractivity contribution is 0.218. The van der Waals surface area contributed by atoms with Crippen LogP contribution < -0.4 is 5.32 Å². The molecular formula is C14H15N5O. The first-order chi connectivity index (χ1) is 9.69. The number of amides is 2. The van der Waals surface area contributed by atoms with Crippen molar-refractivity contribution in [3.05, 3.63) is 30.1 Å². The van der Waals surface area contributed by atoms with E-state index in [4.69, 9.17) is 5.26 Å². The summed E-state index contributed by atoms with van der Waals surface area (Å²) in [5.41, 5.74) is 3.04. The molecule has 1 fully saturated rings. The molecule has 2 heterocycles. The number of aryl methyl sites for hydroxylation is 1. The summed E-state index contributed by atoms with van der Waals surface area (Å²) in [4.78, 5) is 17.8. The van der Waals surface area contributed by atoms with E-state index >= 15 is 0 Å². The number of hydrogen-bond acceptors (Lipinski definition) is 3. The molecule has 1 saturated heterocycles. The van der Waals surface area contributed by atoms with Gasteiger partial charge in [-0.05, 0) is 17.7 Å². The number of benzene rings is 1. The minimum atomic E-state index is -0.105. The lowest BCUT2D eigenvalue weighted by atomic mass is 10.1. The van der Waals surface area contributed by atoms with Gasteiger partial charge in [-0.1, -0.05) is 6.07 Å². The molecule has 0 spiro atoms. The van der Waals surface area contributed by atoms with Crippen LogP contribution in [0.15, 0.2) is 24.5 Å². The average molecular weight is 269 g/mol. The minimum absolute atomic E-state index is 0.0346. The number of urea groups is 1. The third kappa shape index (κ3) is 2.07. The minimum Gasteiger partial charge on any atom is -0.334 e. The molecule has 3 rings (SSSR count). The molecule has 6 nitrogen and oxygen atoms in total. The highest BCUT2D eigenvalue weighted by molar-refractivity contribution is 5.79. The molecule has 1 atom stereocenters. The van der Waals surface area contributed by atoms with Gasteiger partial charge < -0.3 is 14.8 Å². The van der Waals surface area contributed by atoms with E-state index in [1.165, 1.54) is 0 Å². The summed E-state index contributed by atoms with van der Waals surface area (Å²) in [6.45, 7) is 1.07. The van der Waals surface area contributed by atoms with Gasteiger partial charge >= 0.3 is 6.03 Å². The van der Waals surface area contributed by atoms with Gasteiger partial charge in [-0.3, -0.25) is 0 Å². The largest absolute Gasteiger partial charge is 0.334 e. The van der Waals surface area contributed by atoms with E-state index < -0.39 is 0 Å². The smallest absolute Gasteiger partial charge is 0.318 e. The van der Waals surface area contributed by atoms with E-state index in [9.17, 15) is 4.79 Å². The van der Waals surface area contributed by atoms with E-state index in [1.807, 2.05) is 29.8 Å². The lowest BCUT2D eigenvalue weighted by Crippen LogP contribution is -2.28. The van der Waals surface area contributed by atoms with Crippen molar-refractivity contribution in [2.75, 3.05) is 13.1 Å². The van der Waals surface area contributed by atoms with Crippen LogP contribution in [0.3, 0.4) is 0 Å². The van der Waals surface area contributed by atoms with Crippen molar-refractivity contribution in [1.82, 2.24) is 19.8 Å². The second-order valence-corrected chi connectivity index (χ2v) is 4.96. The van der Waals surface area contributed by atoms with Crippen LogP contribution in [0.1, 0.15) is 18.0 Å². The van der Waals surface area contributed by atoms with Gasteiger partial charge in [0.2, 0.25) is 0 Å². The van der Waals surface area contributed by atoms with Gasteiger partial charge in [0.05, 0.1) is 35.9 Å². The zero-order valence-corrected chi connectivity index (χ0v) is 11.2. The summed E-state index contributed by atoms with van der Waals surface area (Å²) in [6, 6.07) is 7.96. The van der Waals surface area contributed by atoms with Crippen LogP contribution in [-0.2, 0) is 7.05 Å². The topological polar surface area (TPSA) is 74.0 Å². The molecule has 6 heteroatoms. The van der Waals surface area contributed by atoms with E-state index in [0.717, 1.165) is 16.6 Å². The molecule has 0 radical (unpaired) electrons. The van der Waals surface area contributed by atoms with E-state index in [1.54, 1.807) is 11.2 Å². The summed E-state index contributed by atoms with van der Waals surface area (Å²) in [5.74, 6) is 0. The highest BCUT2D eigenvalue weighted by Gasteiger charge is 2.29. The van der Waals surface area contributed by atoms with Crippen LogP contribution in [0.5, 0.6) is 0 Å². The standard InChI is InChI=1S/C14H15N5O/c1-18-9-16-11-7-10(3-4-13(11)18)12-8-19(6-2-5-15)14(20)17-12/h3-4,7,9,12H,2,6,8H2,1H3,(H,17,20). The zero-order chi connectivity index (χ0) is 14.1. The Labute approximate surface area is 116 Å². The number of nitrogens with one attached hydrogen (secondary N) is 1. The quantitative estimate of drug-likeness (QED) is 0.918. The molecule has 2 amide bonds. The van der Waals surface area contributed by atoms with Crippen molar-refractivity contribution in [1.29, 1.82) is 5.26 Å². The molecule has 1 unspecified atom stereocenters. The molecule has 1 aromatic heterocycles. The van der Waals surface area contributed by atoms with Crippen molar-refractivity contribution in [2.45, 2.75) is 12.5 Å². The molecule has 0 saturated carbocycles. The molecule has 20 heavy (non-hydrogen) atoms. The summed E-state index contributed by atoms with van der Waals surface area (Å²) < 4.78 is 1.96. The van der Waals surface area contributed by atoms with Crippen molar-refractivity contribution >= 4 is 17.1 Å². The molecule has 1 aliphatic rings. The normalized spacial score (nSPS) is 18.3. The van der Waals surface area contributed by atoms with Gasteiger partial charge in [0, 0.05) is 20.1 Å². The Hall–Kier alpha value is -2.55. The molecule has 0 aliphatic carbocycles. The van der Waals surface area contributed by atoms with Crippen LogP contribution in [-0.4, -0.2) is 33.6 Å². The Bertz CT molecular complexity index is 699. The maximum absolute atomic E-state index is 11.8. The second kappa shape index (κ2) is 4.85. The average Bonchev–Trinajstić information content (AvgIpc) is 3.00. The summed E-state index contributed by atoms with van der Waals surface area (Å²) in [5, 5.41) is 11.5. The fourth-order valence-corrected chi connectivity index (χ4v) is 2.53. The summed E-state index contributed by atoms with van der Waals surface area (Å²) >= 11 is 0. The predicted molar refractivity (Wildman–Crippen MR) is 73.8 cm³/mol. The number of fused-ring (bicyclic) bond motifs is 1. The number of aromatic nitrogens is 2. The van der Waals surface area contributed by atoms with Gasteiger partial charge in [-0.2, -0.15) is 5.26 Å². The summed E-state index contributed by atoms with van der Waals surface area (Å²) in [6.07, 6.45) is 2.14. The van der Waals surface area contributed by atoms with E-state index in [-0.39, 0.29) is 12.1 Å². The third-order valence-corrected chi connectivity index (χ3v) is 3.63. The molecule has 0 bridgehead atoms. The first kappa shape index (κ1) is 12.5. The third-order valence-electron chi connectivity index (χ3n) is 3.63. The summed E-state index contributed by atoms with van der Waals surface area (Å²) in [7, 11) is 1.95. The first-order valence-corrected chi connectivity index (χ1v) is 6.52. The number of imidazole rings is 1. The highest BCUT2D eigenvalue weighted by atomic mass is 16.2. The Morgan fingerprint density at radius 1 is 1.55 bits per heavy atom. The molecule has 1 aliphatic heterocycles. The lowest BCUT2D eigenvalue weighted by Gasteiger charge is -2.12. The van der Waals surface area contributed by atoms with Crippen LogP contribution in [0, 0.1) is 11.3 Å². The maximum atomic E-state index is 11.8. The van der Waals surface area contributed by atoms with Gasteiger partial charge in [-0.15, -0.1) is 0 Å². The van der Waals surface area contributed by atoms with Crippen LogP contribution in [0.25, 0.3) is 11.0 Å². The Morgan fingerprint density at radius 3 is 3.20 bits per heavy atom. The van der Waals surface area contributed by atoms with Gasteiger partial charge in [0.1, 0.15) is 0 Å². The van der Waals surface area contributed by atoms with Crippen LogP contribution in [0.4, 0.5) is 4.79 Å². The maximum Gasteiger partial charge on any atom is 0.318 e. The monoisotopic (exact) mass is 269 g/mol. The molecule has 1 N–H and O–H groups in total. The van der Waals surface area contributed by atoms with Crippen molar-refractivity contribution in [3.63, 3.8) is 0 Å². The second-order valence-electron chi connectivity index (χ2n) is 4.96. The van der Waals surface area contributed by atoms with E-state index in [0.29, 0.717) is 19.5 Å². The van der Waals surface area contributed by atoms with Crippen molar-refractivity contribution < 1.29 is 4.79 Å². The van der Waals surface area contributed by atoms with Gasteiger partial charge in [-0.25, -0.2) is 9.78 Å². The van der Waals surface area contributed by atoms with Crippen LogP contribution in [0.2, 0.25) is 0 Å². The number of carbonyl (C=O) groups excluding carboxylic acids is 1. The number of carbonyl (C=O) groups is 1. The number of nitriles is 1. The highest BCUT2D eigenvalue weighted by Crippen LogP contribution is 2.23. The SMILES string of the molecule is Cn1cnc2cc(C3CN(CCC#N)C(=O)N3)ccc21. The van der Waals surface area contributed by atoms with Gasteiger partial charge in [0.25, 0.3) is 0 Å². The number of hydrogen-bond donors (Lipinski definition) is 1. The fourth-order valence-electron chi connectivity index (χ4n) is 2.53. The van der Waals surface area contributed by atoms with Crippen molar-refractivity contribution in [2.24, 2.45) is 7.05 Å². The fraction of sp³-hybridized carbons (Fsp3) is 0.357. The molecular weight excluding hydrogens is 254 g/mol. The Kier molecular flexibility index (Phi) is 3.03. The number of nitrogens with zero attached hydrogens (tertiary/aromatic N) is 4. The zero-order valence-electron chi connectivity index (χ0n) is 11.2. The van der Waals surface area contributed by atoms with E-state index in [2.05, 4.69) is 16.4 Å². The first-order valence-electron chi connectivity index (χ1n) is 6.52. The molecule has 1 aromatic carbocycles.